The fraction of sp³-hybridized carbons (Fsp3) is 0.304. The number of rotatable bonds is 5. The topological polar surface area (TPSA) is 50.2 Å². The Kier molecular flexibility index (Phi) is 5.77. The van der Waals surface area contributed by atoms with Gasteiger partial charge in [0.2, 0.25) is 0 Å². The van der Waals surface area contributed by atoms with Gasteiger partial charge in [0, 0.05) is 24.5 Å². The lowest BCUT2D eigenvalue weighted by molar-refractivity contribution is 0.102. The number of nitrogens with zero attached hydrogens (tertiary/aromatic N) is 3. The van der Waals surface area contributed by atoms with Gasteiger partial charge >= 0.3 is 0 Å². The van der Waals surface area contributed by atoms with Gasteiger partial charge in [-0.3, -0.25) is 4.79 Å². The van der Waals surface area contributed by atoms with Crippen LogP contribution in [-0.4, -0.2) is 28.8 Å². The first-order valence-corrected chi connectivity index (χ1v) is 10.4. The number of aromatic nitrogens is 2. The smallest absolute Gasteiger partial charge is 0.260 e. The van der Waals surface area contributed by atoms with Crippen molar-refractivity contribution in [2.24, 2.45) is 0 Å². The van der Waals surface area contributed by atoms with Crippen molar-refractivity contribution in [3.05, 3.63) is 75.8 Å². The maximum absolute atomic E-state index is 13.1. The molecule has 1 aromatic heterocycles. The van der Waals surface area contributed by atoms with Crippen LogP contribution < -0.4 is 10.2 Å². The first-order valence-electron chi connectivity index (χ1n) is 10.1. The second-order valence-corrected chi connectivity index (χ2v) is 8.04. The number of hydrogen-bond donors (Lipinski definition) is 1. The lowest BCUT2D eigenvalue weighted by Crippen LogP contribution is -2.19. The summed E-state index contributed by atoms with van der Waals surface area (Å²) in [5, 5.41) is 7.60. The van der Waals surface area contributed by atoms with E-state index < -0.39 is 0 Å². The van der Waals surface area contributed by atoms with Crippen molar-refractivity contribution in [3.8, 4) is 0 Å². The van der Waals surface area contributed by atoms with Gasteiger partial charge in [-0.05, 0) is 68.1 Å². The average Bonchev–Trinajstić information content (AvgIpc) is 3.32. The van der Waals surface area contributed by atoms with Crippen LogP contribution in [0.2, 0.25) is 5.15 Å². The Balaban J connectivity index is 1.51. The molecule has 0 bridgehead atoms. The summed E-state index contributed by atoms with van der Waals surface area (Å²) in [4.78, 5) is 15.3. The number of hydrogen-bond acceptors (Lipinski definition) is 3. The van der Waals surface area contributed by atoms with E-state index in [0.29, 0.717) is 17.8 Å². The van der Waals surface area contributed by atoms with E-state index in [1.165, 1.54) is 30.7 Å². The van der Waals surface area contributed by atoms with Gasteiger partial charge in [-0.25, -0.2) is 9.07 Å². The number of carbonyl (C=O) groups excluding carboxylic acids is 1. The molecule has 3 aromatic rings. The van der Waals surface area contributed by atoms with Gasteiger partial charge in [-0.2, -0.15) is 5.10 Å². The summed E-state index contributed by atoms with van der Waals surface area (Å²) in [7, 11) is 0. The van der Waals surface area contributed by atoms with Crippen LogP contribution in [0.5, 0.6) is 0 Å². The Hall–Kier alpha value is -2.86. The van der Waals surface area contributed by atoms with E-state index in [9.17, 15) is 9.18 Å². The Labute approximate surface area is 180 Å². The SMILES string of the molecule is Cc1cc(NC(=O)c2c(C)nn(Cc3ccc(F)cc3)c2Cl)ccc1N1CCCC1. The molecule has 2 heterocycles. The molecule has 5 nitrogen and oxygen atoms in total. The summed E-state index contributed by atoms with van der Waals surface area (Å²) in [5.41, 5.74) is 4.81. The predicted molar refractivity (Wildman–Crippen MR) is 118 cm³/mol. The van der Waals surface area contributed by atoms with Crippen molar-refractivity contribution in [2.75, 3.05) is 23.3 Å². The molecule has 0 saturated carbocycles. The molecule has 2 aromatic carbocycles. The molecule has 1 saturated heterocycles. The molecular formula is C23H24ClFN4O. The zero-order valence-electron chi connectivity index (χ0n) is 17.1. The molecule has 156 valence electrons. The van der Waals surface area contributed by atoms with E-state index in [0.717, 1.165) is 29.9 Å². The highest BCUT2D eigenvalue weighted by molar-refractivity contribution is 6.33. The standard InChI is InChI=1S/C23H24ClFN4O/c1-15-13-19(9-10-20(15)28-11-3-4-12-28)26-23(30)21-16(2)27-29(22(21)24)14-17-5-7-18(25)8-6-17/h5-10,13H,3-4,11-12,14H2,1-2H3,(H,26,30). The number of halogens is 2. The largest absolute Gasteiger partial charge is 0.371 e. The fourth-order valence-corrected chi connectivity index (χ4v) is 4.24. The lowest BCUT2D eigenvalue weighted by Gasteiger charge is -2.20. The van der Waals surface area contributed by atoms with Crippen LogP contribution in [0, 0.1) is 19.7 Å². The molecule has 30 heavy (non-hydrogen) atoms. The molecule has 7 heteroatoms. The van der Waals surface area contributed by atoms with E-state index in [4.69, 9.17) is 11.6 Å². The third-order valence-corrected chi connectivity index (χ3v) is 5.82. The van der Waals surface area contributed by atoms with E-state index in [-0.39, 0.29) is 16.9 Å². The normalized spacial score (nSPS) is 13.7. The van der Waals surface area contributed by atoms with E-state index in [2.05, 4.69) is 28.3 Å². The third-order valence-electron chi connectivity index (χ3n) is 5.44. The predicted octanol–water partition coefficient (Wildman–Crippen LogP) is 5.19. The number of aryl methyl sites for hydroxylation is 2. The number of anilines is 2. The molecule has 0 spiro atoms. The molecule has 0 aliphatic carbocycles. The number of nitrogens with one attached hydrogen (secondary N) is 1. The van der Waals surface area contributed by atoms with Crippen molar-refractivity contribution >= 4 is 28.9 Å². The first-order chi connectivity index (χ1) is 14.4. The highest BCUT2D eigenvalue weighted by atomic mass is 35.5. The molecule has 0 atom stereocenters. The minimum atomic E-state index is -0.299. The Morgan fingerprint density at radius 3 is 2.50 bits per heavy atom. The van der Waals surface area contributed by atoms with Crippen LogP contribution in [0.15, 0.2) is 42.5 Å². The van der Waals surface area contributed by atoms with Crippen LogP contribution in [0.3, 0.4) is 0 Å². The number of amides is 1. The molecule has 1 N–H and O–H groups in total. The van der Waals surface area contributed by atoms with Crippen molar-refractivity contribution in [2.45, 2.75) is 33.2 Å². The highest BCUT2D eigenvalue weighted by Crippen LogP contribution is 2.28. The maximum atomic E-state index is 13.1. The quantitative estimate of drug-likeness (QED) is 0.610. The zero-order chi connectivity index (χ0) is 21.3. The molecule has 1 amide bonds. The number of carbonyl (C=O) groups is 1. The minimum absolute atomic E-state index is 0.264. The van der Waals surface area contributed by atoms with Gasteiger partial charge in [0.1, 0.15) is 11.0 Å². The van der Waals surface area contributed by atoms with Crippen LogP contribution >= 0.6 is 11.6 Å². The lowest BCUT2D eigenvalue weighted by atomic mass is 10.1. The van der Waals surface area contributed by atoms with Crippen molar-refractivity contribution in [1.29, 1.82) is 0 Å². The van der Waals surface area contributed by atoms with Crippen molar-refractivity contribution in [1.82, 2.24) is 9.78 Å². The third kappa shape index (κ3) is 4.19. The molecule has 0 radical (unpaired) electrons. The number of benzene rings is 2. The van der Waals surface area contributed by atoms with E-state index in [1.807, 2.05) is 12.1 Å². The summed E-state index contributed by atoms with van der Waals surface area (Å²) in [6.45, 7) is 6.33. The Morgan fingerprint density at radius 2 is 1.83 bits per heavy atom. The van der Waals surface area contributed by atoms with Crippen LogP contribution in [0.25, 0.3) is 0 Å². The second kappa shape index (κ2) is 8.48. The molecule has 1 fully saturated rings. The van der Waals surface area contributed by atoms with Crippen molar-refractivity contribution in [3.63, 3.8) is 0 Å². The summed E-state index contributed by atoms with van der Waals surface area (Å²) in [6.07, 6.45) is 2.44. The monoisotopic (exact) mass is 426 g/mol. The van der Waals surface area contributed by atoms with Gasteiger partial charge in [0.25, 0.3) is 5.91 Å². The molecule has 4 rings (SSSR count). The zero-order valence-corrected chi connectivity index (χ0v) is 17.8. The van der Waals surface area contributed by atoms with Crippen LogP contribution in [-0.2, 0) is 6.54 Å². The van der Waals surface area contributed by atoms with Crippen molar-refractivity contribution < 1.29 is 9.18 Å². The summed E-state index contributed by atoms with van der Waals surface area (Å²) in [6, 6.07) is 12.1. The van der Waals surface area contributed by atoms with Gasteiger partial charge in [-0.15, -0.1) is 0 Å². The average molecular weight is 427 g/mol. The second-order valence-electron chi connectivity index (χ2n) is 7.68. The fourth-order valence-electron chi connectivity index (χ4n) is 3.92. The van der Waals surface area contributed by atoms with E-state index >= 15 is 0 Å². The van der Waals surface area contributed by atoms with E-state index in [1.54, 1.807) is 23.7 Å². The molecule has 1 aliphatic rings. The molecule has 1 aliphatic heterocycles. The molecule has 0 unspecified atom stereocenters. The minimum Gasteiger partial charge on any atom is -0.371 e. The maximum Gasteiger partial charge on any atom is 0.260 e. The summed E-state index contributed by atoms with van der Waals surface area (Å²) in [5.74, 6) is -0.594. The van der Waals surface area contributed by atoms with Gasteiger partial charge in [0.05, 0.1) is 17.8 Å². The van der Waals surface area contributed by atoms with Crippen LogP contribution in [0.1, 0.15) is 40.0 Å². The summed E-state index contributed by atoms with van der Waals surface area (Å²) < 4.78 is 14.7. The Bertz CT molecular complexity index is 1070. The summed E-state index contributed by atoms with van der Waals surface area (Å²) >= 11 is 6.47. The Morgan fingerprint density at radius 1 is 1.13 bits per heavy atom. The first kappa shape index (κ1) is 20.4. The van der Waals surface area contributed by atoms with Crippen LogP contribution in [0.4, 0.5) is 15.8 Å². The highest BCUT2D eigenvalue weighted by Gasteiger charge is 2.21. The van der Waals surface area contributed by atoms with Gasteiger partial charge < -0.3 is 10.2 Å². The van der Waals surface area contributed by atoms with Gasteiger partial charge in [-0.1, -0.05) is 23.7 Å². The molecular weight excluding hydrogens is 403 g/mol. The van der Waals surface area contributed by atoms with Gasteiger partial charge in [0.15, 0.2) is 0 Å².